The molecule has 4 nitrogen and oxygen atoms in total. The molecule has 0 bridgehead atoms. The summed E-state index contributed by atoms with van der Waals surface area (Å²) < 4.78 is 0. The molecule has 2 aromatic rings. The molecule has 1 unspecified atom stereocenters. The molecule has 0 aromatic heterocycles. The molecule has 0 spiro atoms. The molecule has 2 aliphatic carbocycles. The normalized spacial score (nSPS) is 20.4. The second-order valence-electron chi connectivity index (χ2n) is 7.14. The molecule has 1 atom stereocenters. The van der Waals surface area contributed by atoms with E-state index in [0.717, 1.165) is 36.0 Å². The number of amides is 1. The van der Waals surface area contributed by atoms with Gasteiger partial charge in [-0.1, -0.05) is 48.5 Å². The maximum atomic E-state index is 13.0. The second-order valence-corrected chi connectivity index (χ2v) is 7.14. The van der Waals surface area contributed by atoms with Gasteiger partial charge in [-0.15, -0.1) is 0 Å². The summed E-state index contributed by atoms with van der Waals surface area (Å²) in [4.78, 5) is 25.0. The van der Waals surface area contributed by atoms with Gasteiger partial charge < -0.3 is 10.4 Å². The van der Waals surface area contributed by atoms with E-state index in [1.165, 1.54) is 5.56 Å². The molecule has 2 aliphatic rings. The Labute approximate surface area is 146 Å². The lowest BCUT2D eigenvalue weighted by Gasteiger charge is -2.30. The Morgan fingerprint density at radius 1 is 0.960 bits per heavy atom. The number of hydrogen-bond donors (Lipinski definition) is 2. The van der Waals surface area contributed by atoms with E-state index in [0.29, 0.717) is 12.8 Å². The van der Waals surface area contributed by atoms with Crippen LogP contribution in [-0.4, -0.2) is 22.5 Å². The maximum absolute atomic E-state index is 13.0. The molecule has 0 saturated heterocycles. The van der Waals surface area contributed by atoms with Crippen molar-refractivity contribution in [2.45, 2.75) is 43.6 Å². The first-order valence-electron chi connectivity index (χ1n) is 8.79. The Balaban J connectivity index is 1.61. The molecule has 0 aliphatic heterocycles. The number of carboxylic acids is 1. The van der Waals surface area contributed by atoms with Crippen molar-refractivity contribution in [1.82, 2.24) is 5.32 Å². The molecule has 0 fully saturated rings. The lowest BCUT2D eigenvalue weighted by atomic mass is 9.81. The zero-order chi connectivity index (χ0) is 17.4. The fraction of sp³-hybridized carbons (Fsp3) is 0.333. The van der Waals surface area contributed by atoms with Gasteiger partial charge >= 0.3 is 5.97 Å². The number of carbonyl (C=O) groups is 2. The molecule has 1 amide bonds. The van der Waals surface area contributed by atoms with E-state index >= 15 is 0 Å². The summed E-state index contributed by atoms with van der Waals surface area (Å²) in [5.41, 5.74) is 3.03. The lowest BCUT2D eigenvalue weighted by molar-refractivity contribution is -0.147. The number of fused-ring (bicyclic) bond motifs is 2. The Morgan fingerprint density at radius 2 is 1.56 bits per heavy atom. The summed E-state index contributed by atoms with van der Waals surface area (Å²) in [6.45, 7) is 0. The predicted molar refractivity (Wildman–Crippen MR) is 94.5 cm³/mol. The summed E-state index contributed by atoms with van der Waals surface area (Å²) in [5, 5.41) is 12.8. The van der Waals surface area contributed by atoms with E-state index < -0.39 is 11.5 Å². The highest BCUT2D eigenvalue weighted by Gasteiger charge is 2.46. The summed E-state index contributed by atoms with van der Waals surface area (Å²) in [5.74, 6) is -1.38. The molecule has 4 heteroatoms. The van der Waals surface area contributed by atoms with Crippen molar-refractivity contribution in [1.29, 1.82) is 0 Å². The van der Waals surface area contributed by atoms with Crippen molar-refractivity contribution in [3.63, 3.8) is 0 Å². The van der Waals surface area contributed by atoms with Crippen LogP contribution in [0.2, 0.25) is 0 Å². The van der Waals surface area contributed by atoms with Crippen molar-refractivity contribution in [2.75, 3.05) is 0 Å². The maximum Gasteiger partial charge on any atom is 0.330 e. The first-order chi connectivity index (χ1) is 12.1. The summed E-state index contributed by atoms with van der Waals surface area (Å²) in [6.07, 6.45) is 3.40. The zero-order valence-corrected chi connectivity index (χ0v) is 14.0. The van der Waals surface area contributed by atoms with Gasteiger partial charge in [-0.25, -0.2) is 4.79 Å². The van der Waals surface area contributed by atoms with Crippen LogP contribution in [0, 0.1) is 0 Å². The predicted octanol–water partition coefficient (Wildman–Crippen LogP) is 2.84. The Morgan fingerprint density at radius 3 is 2.20 bits per heavy atom. The molecule has 0 heterocycles. The first kappa shape index (κ1) is 15.9. The van der Waals surface area contributed by atoms with Gasteiger partial charge in [0.2, 0.25) is 5.91 Å². The average molecular weight is 335 g/mol. The van der Waals surface area contributed by atoms with Crippen LogP contribution >= 0.6 is 0 Å². The summed E-state index contributed by atoms with van der Waals surface area (Å²) >= 11 is 0. The van der Waals surface area contributed by atoms with Gasteiger partial charge in [-0.2, -0.15) is 0 Å². The van der Waals surface area contributed by atoms with Crippen LogP contribution in [0.3, 0.4) is 0 Å². The van der Waals surface area contributed by atoms with Gasteiger partial charge in [0.15, 0.2) is 0 Å². The summed E-state index contributed by atoms with van der Waals surface area (Å²) in [6, 6.07) is 15.7. The largest absolute Gasteiger partial charge is 0.479 e. The van der Waals surface area contributed by atoms with E-state index in [-0.39, 0.29) is 11.8 Å². The van der Waals surface area contributed by atoms with E-state index in [2.05, 4.69) is 11.4 Å². The highest BCUT2D eigenvalue weighted by molar-refractivity contribution is 5.92. The number of aryl methyl sites for hydroxylation is 1. The average Bonchev–Trinajstić information content (AvgIpc) is 3.00. The smallest absolute Gasteiger partial charge is 0.330 e. The van der Waals surface area contributed by atoms with E-state index in [4.69, 9.17) is 0 Å². The standard InChI is InChI=1S/C21H21NO3/c23-19(18-11-5-9-14-6-3-4-10-17(14)18)22-21(20(24)25)12-15-7-1-2-8-16(15)13-21/h1-4,6-8,10,18H,5,9,11-13H2,(H,22,23)(H,24,25). The minimum atomic E-state index is -1.23. The lowest BCUT2D eigenvalue weighted by Crippen LogP contribution is -2.56. The molecule has 0 radical (unpaired) electrons. The van der Waals surface area contributed by atoms with Crippen molar-refractivity contribution in [3.8, 4) is 0 Å². The Bertz CT molecular complexity index is 818. The molecule has 0 saturated carbocycles. The van der Waals surface area contributed by atoms with E-state index in [9.17, 15) is 14.7 Å². The molecule has 128 valence electrons. The van der Waals surface area contributed by atoms with Crippen LogP contribution in [-0.2, 0) is 28.9 Å². The van der Waals surface area contributed by atoms with Gasteiger partial charge in [-0.05, 0) is 41.5 Å². The van der Waals surface area contributed by atoms with E-state index in [1.54, 1.807) is 0 Å². The zero-order valence-electron chi connectivity index (χ0n) is 14.0. The van der Waals surface area contributed by atoms with Gasteiger partial charge in [0, 0.05) is 12.8 Å². The van der Waals surface area contributed by atoms with Crippen molar-refractivity contribution in [3.05, 3.63) is 70.8 Å². The molecular weight excluding hydrogens is 314 g/mol. The van der Waals surface area contributed by atoms with Crippen LogP contribution in [0.25, 0.3) is 0 Å². The number of nitrogens with one attached hydrogen (secondary N) is 1. The third kappa shape index (κ3) is 2.72. The fourth-order valence-corrected chi connectivity index (χ4v) is 4.26. The van der Waals surface area contributed by atoms with Crippen LogP contribution in [0.15, 0.2) is 48.5 Å². The van der Waals surface area contributed by atoms with Crippen molar-refractivity contribution >= 4 is 11.9 Å². The highest BCUT2D eigenvalue weighted by Crippen LogP contribution is 2.34. The van der Waals surface area contributed by atoms with Crippen molar-refractivity contribution in [2.24, 2.45) is 0 Å². The number of carbonyl (C=O) groups excluding carboxylic acids is 1. The van der Waals surface area contributed by atoms with Crippen LogP contribution in [0.1, 0.15) is 41.0 Å². The minimum Gasteiger partial charge on any atom is -0.479 e. The number of aliphatic carboxylic acids is 1. The summed E-state index contributed by atoms with van der Waals surface area (Å²) in [7, 11) is 0. The third-order valence-electron chi connectivity index (χ3n) is 5.56. The molecular formula is C21H21NO3. The first-order valence-corrected chi connectivity index (χ1v) is 8.79. The van der Waals surface area contributed by atoms with Gasteiger partial charge in [0.1, 0.15) is 5.54 Å². The van der Waals surface area contributed by atoms with Crippen LogP contribution in [0.5, 0.6) is 0 Å². The van der Waals surface area contributed by atoms with Gasteiger partial charge in [0.25, 0.3) is 0 Å². The molecule has 4 rings (SSSR count). The fourth-order valence-electron chi connectivity index (χ4n) is 4.26. The molecule has 2 N–H and O–H groups in total. The SMILES string of the molecule is O=C(NC1(C(=O)O)Cc2ccccc2C1)C1CCCc2ccccc21. The number of rotatable bonds is 3. The Hall–Kier alpha value is -2.62. The molecule has 25 heavy (non-hydrogen) atoms. The number of carboxylic acid groups (broad SMARTS) is 1. The third-order valence-corrected chi connectivity index (χ3v) is 5.56. The molecule has 2 aromatic carbocycles. The van der Waals surface area contributed by atoms with Crippen molar-refractivity contribution < 1.29 is 14.7 Å². The minimum absolute atomic E-state index is 0.164. The topological polar surface area (TPSA) is 66.4 Å². The highest BCUT2D eigenvalue weighted by atomic mass is 16.4. The number of benzene rings is 2. The van der Waals surface area contributed by atoms with Crippen LogP contribution in [0.4, 0.5) is 0 Å². The van der Waals surface area contributed by atoms with Crippen LogP contribution < -0.4 is 5.32 Å². The monoisotopic (exact) mass is 335 g/mol. The van der Waals surface area contributed by atoms with Gasteiger partial charge in [-0.3, -0.25) is 4.79 Å². The second kappa shape index (κ2) is 6.03. The number of hydrogen-bond acceptors (Lipinski definition) is 2. The quantitative estimate of drug-likeness (QED) is 0.906. The Kier molecular flexibility index (Phi) is 3.83. The van der Waals surface area contributed by atoms with Gasteiger partial charge in [0.05, 0.1) is 5.92 Å². The van der Waals surface area contributed by atoms with E-state index in [1.807, 2.05) is 42.5 Å².